The lowest BCUT2D eigenvalue weighted by atomic mass is 9.99. The number of rotatable bonds is 50. The van der Waals surface area contributed by atoms with Gasteiger partial charge in [-0.15, -0.1) is 0 Å². The van der Waals surface area contributed by atoms with Crippen LogP contribution in [0.1, 0.15) is 311 Å². The average Bonchev–Trinajstić information content (AvgIpc) is 3.26. The molecular weight excluding hydrogens is 769 g/mol. The molecule has 0 aliphatic carbocycles. The Kier molecular flexibility index (Phi) is 47.6. The minimum Gasteiger partial charge on any atom is -0.462 e. The van der Waals surface area contributed by atoms with Crippen molar-refractivity contribution in [2.45, 2.75) is 317 Å². The summed E-state index contributed by atoms with van der Waals surface area (Å²) in [6.45, 7) is 11.4. The zero-order chi connectivity index (χ0) is 45.4. The van der Waals surface area contributed by atoms with Crippen molar-refractivity contribution in [2.24, 2.45) is 11.8 Å². The van der Waals surface area contributed by atoms with Crippen molar-refractivity contribution in [3.63, 3.8) is 0 Å². The molecule has 0 saturated heterocycles. The fourth-order valence-electron chi connectivity index (χ4n) is 8.49. The van der Waals surface area contributed by atoms with Gasteiger partial charge in [-0.25, -0.2) is 0 Å². The molecule has 6 nitrogen and oxygen atoms in total. The van der Waals surface area contributed by atoms with Crippen LogP contribution in [0, 0.1) is 11.8 Å². The van der Waals surface area contributed by atoms with E-state index in [0.717, 1.165) is 69.6 Å². The first-order valence-corrected chi connectivity index (χ1v) is 27.8. The number of hydrogen-bond acceptors (Lipinski definition) is 6. The normalized spacial score (nSPS) is 12.5. The van der Waals surface area contributed by atoms with Gasteiger partial charge in [-0.05, 0) is 31.1 Å². The van der Waals surface area contributed by atoms with Crippen LogP contribution in [0.4, 0.5) is 0 Å². The predicted molar refractivity (Wildman–Crippen MR) is 266 cm³/mol. The van der Waals surface area contributed by atoms with E-state index in [1.165, 1.54) is 199 Å². The van der Waals surface area contributed by atoms with Gasteiger partial charge < -0.3 is 14.2 Å². The zero-order valence-corrected chi connectivity index (χ0v) is 42.5. The molecule has 0 aliphatic heterocycles. The van der Waals surface area contributed by atoms with E-state index in [1.54, 1.807) is 0 Å². The number of unbranched alkanes of at least 4 members (excludes halogenated alkanes) is 34. The first-order valence-electron chi connectivity index (χ1n) is 27.8. The summed E-state index contributed by atoms with van der Waals surface area (Å²) in [4.78, 5) is 38.0. The van der Waals surface area contributed by atoms with Crippen molar-refractivity contribution in [1.29, 1.82) is 0 Å². The minimum absolute atomic E-state index is 0.0631. The highest BCUT2D eigenvalue weighted by Gasteiger charge is 2.19. The van der Waals surface area contributed by atoms with Crippen molar-refractivity contribution < 1.29 is 28.6 Å². The van der Waals surface area contributed by atoms with Gasteiger partial charge in [0.2, 0.25) is 0 Å². The molecule has 0 aliphatic rings. The molecule has 0 fully saturated rings. The number of hydrogen-bond donors (Lipinski definition) is 0. The van der Waals surface area contributed by atoms with E-state index in [4.69, 9.17) is 14.2 Å². The van der Waals surface area contributed by atoms with E-state index < -0.39 is 6.10 Å². The summed E-state index contributed by atoms with van der Waals surface area (Å²) < 4.78 is 16.8. The molecule has 0 spiro atoms. The summed E-state index contributed by atoms with van der Waals surface area (Å²) in [7, 11) is 0. The summed E-state index contributed by atoms with van der Waals surface area (Å²) in [6.07, 6.45) is 50.9. The van der Waals surface area contributed by atoms with E-state index >= 15 is 0 Å². The lowest BCUT2D eigenvalue weighted by molar-refractivity contribution is -0.167. The summed E-state index contributed by atoms with van der Waals surface area (Å²) in [5, 5.41) is 0. The molecule has 368 valence electrons. The second kappa shape index (κ2) is 48.9. The van der Waals surface area contributed by atoms with Gasteiger partial charge in [0.05, 0.1) is 0 Å². The number of ether oxygens (including phenoxy) is 3. The highest BCUT2D eigenvalue weighted by molar-refractivity contribution is 5.71. The number of carbonyl (C=O) groups excluding carboxylic acids is 3. The van der Waals surface area contributed by atoms with Crippen LogP contribution in [0.15, 0.2) is 0 Å². The smallest absolute Gasteiger partial charge is 0.306 e. The fourth-order valence-corrected chi connectivity index (χ4v) is 8.49. The molecule has 62 heavy (non-hydrogen) atoms. The fraction of sp³-hybridized carbons (Fsp3) is 0.946. The topological polar surface area (TPSA) is 78.9 Å². The van der Waals surface area contributed by atoms with Crippen LogP contribution >= 0.6 is 0 Å². The standard InChI is InChI=1S/C56H108O6/c1-6-8-9-10-11-24-31-36-41-46-54(57)60-49-53(50-61-55(58)47-42-37-32-27-22-18-14-12-16-20-25-29-34-39-44-51(3)4)62-56(59)48-43-38-33-28-23-19-15-13-17-21-26-30-35-40-45-52(5)7-2/h51-53H,6-50H2,1-5H3/t52?,53-/m0/s1. The van der Waals surface area contributed by atoms with E-state index in [1.807, 2.05) is 0 Å². The van der Waals surface area contributed by atoms with Crippen LogP contribution in [0.25, 0.3) is 0 Å². The molecule has 6 heteroatoms. The van der Waals surface area contributed by atoms with E-state index in [0.29, 0.717) is 19.3 Å². The van der Waals surface area contributed by atoms with Crippen LogP contribution in [-0.4, -0.2) is 37.2 Å². The van der Waals surface area contributed by atoms with Gasteiger partial charge >= 0.3 is 17.9 Å². The summed E-state index contributed by atoms with van der Waals surface area (Å²) in [5.41, 5.74) is 0. The number of carbonyl (C=O) groups is 3. The summed E-state index contributed by atoms with van der Waals surface area (Å²) >= 11 is 0. The van der Waals surface area contributed by atoms with Crippen molar-refractivity contribution in [1.82, 2.24) is 0 Å². The molecule has 0 aromatic heterocycles. The molecule has 2 atom stereocenters. The first-order chi connectivity index (χ1) is 30.3. The van der Waals surface area contributed by atoms with Crippen molar-refractivity contribution in [3.8, 4) is 0 Å². The van der Waals surface area contributed by atoms with Crippen LogP contribution < -0.4 is 0 Å². The van der Waals surface area contributed by atoms with E-state index in [2.05, 4.69) is 34.6 Å². The number of esters is 3. The summed E-state index contributed by atoms with van der Waals surface area (Å²) in [5.74, 6) is 0.894. The van der Waals surface area contributed by atoms with Gasteiger partial charge in [0.15, 0.2) is 6.10 Å². The Morgan fingerprint density at radius 1 is 0.339 bits per heavy atom. The maximum atomic E-state index is 12.8. The molecule has 1 unspecified atom stereocenters. The second-order valence-electron chi connectivity index (χ2n) is 19.9. The van der Waals surface area contributed by atoms with Gasteiger partial charge in [-0.3, -0.25) is 14.4 Å². The Hall–Kier alpha value is -1.59. The van der Waals surface area contributed by atoms with E-state index in [-0.39, 0.29) is 31.1 Å². The maximum Gasteiger partial charge on any atom is 0.306 e. The molecular formula is C56H108O6. The largest absolute Gasteiger partial charge is 0.462 e. The molecule has 0 amide bonds. The highest BCUT2D eigenvalue weighted by Crippen LogP contribution is 2.18. The molecule has 0 heterocycles. The Bertz CT molecular complexity index is 949. The maximum absolute atomic E-state index is 12.8. The average molecular weight is 877 g/mol. The quantitative estimate of drug-likeness (QED) is 0.0344. The SMILES string of the molecule is CCCCCCCCCCCC(=O)OC[C@@H](COC(=O)CCCCCCCCCCCCCCCCC(C)C)OC(=O)CCCCCCCCCCCCCCCCC(C)CC. The molecule has 0 bridgehead atoms. The van der Waals surface area contributed by atoms with Crippen LogP contribution in [0.2, 0.25) is 0 Å². The zero-order valence-electron chi connectivity index (χ0n) is 42.5. The molecule has 0 N–H and O–H groups in total. The third-order valence-electron chi connectivity index (χ3n) is 13.1. The van der Waals surface area contributed by atoms with E-state index in [9.17, 15) is 14.4 Å². The molecule has 0 radical (unpaired) electrons. The molecule has 0 aromatic carbocycles. The van der Waals surface area contributed by atoms with Gasteiger partial charge in [0.1, 0.15) is 13.2 Å². The Labute approximate surface area is 387 Å². The third-order valence-corrected chi connectivity index (χ3v) is 13.1. The Morgan fingerprint density at radius 2 is 0.613 bits per heavy atom. The van der Waals surface area contributed by atoms with Gasteiger partial charge in [0.25, 0.3) is 0 Å². The third kappa shape index (κ3) is 47.9. The lowest BCUT2D eigenvalue weighted by Crippen LogP contribution is -2.30. The van der Waals surface area contributed by atoms with Crippen LogP contribution in [0.5, 0.6) is 0 Å². The summed E-state index contributed by atoms with van der Waals surface area (Å²) in [6, 6.07) is 0. The molecule has 0 aromatic rings. The Morgan fingerprint density at radius 3 is 0.919 bits per heavy atom. The first kappa shape index (κ1) is 60.4. The lowest BCUT2D eigenvalue weighted by Gasteiger charge is -2.18. The van der Waals surface area contributed by atoms with Gasteiger partial charge in [0, 0.05) is 19.3 Å². The minimum atomic E-state index is -0.761. The molecule has 0 saturated carbocycles. The second-order valence-corrected chi connectivity index (χ2v) is 19.9. The van der Waals surface area contributed by atoms with Crippen LogP contribution in [-0.2, 0) is 28.6 Å². The van der Waals surface area contributed by atoms with Gasteiger partial charge in [-0.1, -0.05) is 272 Å². The monoisotopic (exact) mass is 877 g/mol. The van der Waals surface area contributed by atoms with Gasteiger partial charge in [-0.2, -0.15) is 0 Å². The van der Waals surface area contributed by atoms with Crippen molar-refractivity contribution in [3.05, 3.63) is 0 Å². The van der Waals surface area contributed by atoms with Crippen molar-refractivity contribution in [2.75, 3.05) is 13.2 Å². The Balaban J connectivity index is 4.24. The molecule has 0 rings (SSSR count). The van der Waals surface area contributed by atoms with Crippen LogP contribution in [0.3, 0.4) is 0 Å². The highest BCUT2D eigenvalue weighted by atomic mass is 16.6. The van der Waals surface area contributed by atoms with Crippen molar-refractivity contribution >= 4 is 17.9 Å². The predicted octanol–water partition coefficient (Wildman–Crippen LogP) is 18.1.